The van der Waals surface area contributed by atoms with Crippen molar-refractivity contribution in [2.24, 2.45) is 0 Å². The van der Waals surface area contributed by atoms with Crippen molar-refractivity contribution in [2.45, 2.75) is 13.3 Å². The van der Waals surface area contributed by atoms with Gasteiger partial charge in [0.2, 0.25) is 0 Å². The van der Waals surface area contributed by atoms with Gasteiger partial charge in [-0.1, -0.05) is 0 Å². The number of carboxylic acids is 1. The average Bonchev–Trinajstić information content (AvgIpc) is 2.49. The van der Waals surface area contributed by atoms with Crippen molar-refractivity contribution in [3.05, 3.63) is 39.8 Å². The minimum atomic E-state index is -1.07. The molecule has 0 amide bonds. The molecule has 0 aliphatic heterocycles. The van der Waals surface area contributed by atoms with Crippen molar-refractivity contribution in [1.82, 2.24) is 9.97 Å². The van der Waals surface area contributed by atoms with Crippen LogP contribution in [0, 0.1) is 6.92 Å². The third-order valence-electron chi connectivity index (χ3n) is 3.21. The first kappa shape index (κ1) is 15.6. The first-order valence-corrected chi connectivity index (χ1v) is 6.50. The fourth-order valence-corrected chi connectivity index (χ4v) is 2.09. The number of aryl methyl sites for hydroxylation is 1. The highest BCUT2D eigenvalue weighted by molar-refractivity contribution is 5.70. The Kier molecular flexibility index (Phi) is 4.45. The number of methoxy groups -OCH3 is 2. The molecule has 116 valence electrons. The summed E-state index contributed by atoms with van der Waals surface area (Å²) in [5.41, 5.74) is 0.715. The van der Waals surface area contributed by atoms with Gasteiger partial charge in [0.15, 0.2) is 11.5 Å². The third kappa shape index (κ3) is 3.08. The van der Waals surface area contributed by atoms with Crippen molar-refractivity contribution in [3.63, 3.8) is 0 Å². The molecular weight excluding hydrogens is 288 g/mol. The summed E-state index contributed by atoms with van der Waals surface area (Å²) in [7, 11) is 3.04. The number of aliphatic carboxylic acids is 1. The van der Waals surface area contributed by atoms with Crippen molar-refractivity contribution >= 4 is 5.97 Å². The first-order chi connectivity index (χ1) is 10.5. The van der Waals surface area contributed by atoms with Gasteiger partial charge in [0.25, 0.3) is 5.56 Å². The zero-order chi connectivity index (χ0) is 16.3. The number of nitrogens with zero attached hydrogens (tertiary/aromatic N) is 1. The Morgan fingerprint density at radius 2 is 1.95 bits per heavy atom. The van der Waals surface area contributed by atoms with Crippen LogP contribution in [0.4, 0.5) is 0 Å². The maximum absolute atomic E-state index is 12.0. The van der Waals surface area contributed by atoms with Crippen LogP contribution < -0.4 is 15.0 Å². The highest BCUT2D eigenvalue weighted by Gasteiger charge is 2.14. The molecule has 0 radical (unpaired) electrons. The van der Waals surface area contributed by atoms with Crippen LogP contribution in [-0.2, 0) is 11.2 Å². The highest BCUT2D eigenvalue weighted by Crippen LogP contribution is 2.30. The van der Waals surface area contributed by atoms with Gasteiger partial charge in [0.05, 0.1) is 20.6 Å². The van der Waals surface area contributed by atoms with E-state index < -0.39 is 11.5 Å². The number of carboxylic acid groups (broad SMARTS) is 1. The first-order valence-electron chi connectivity index (χ1n) is 6.50. The molecule has 0 unspecified atom stereocenters. The van der Waals surface area contributed by atoms with Crippen LogP contribution in [0.1, 0.15) is 11.3 Å². The largest absolute Gasteiger partial charge is 0.493 e. The van der Waals surface area contributed by atoms with Gasteiger partial charge in [0.1, 0.15) is 5.82 Å². The quantitative estimate of drug-likeness (QED) is 0.865. The van der Waals surface area contributed by atoms with Gasteiger partial charge < -0.3 is 19.6 Å². The number of nitrogens with one attached hydrogen (secondary N) is 1. The van der Waals surface area contributed by atoms with E-state index in [2.05, 4.69) is 9.97 Å². The van der Waals surface area contributed by atoms with Crippen molar-refractivity contribution < 1.29 is 19.4 Å². The molecule has 22 heavy (non-hydrogen) atoms. The van der Waals surface area contributed by atoms with Crippen LogP contribution >= 0.6 is 0 Å². The Balaban J connectivity index is 2.50. The number of rotatable bonds is 5. The van der Waals surface area contributed by atoms with Crippen molar-refractivity contribution in [1.29, 1.82) is 0 Å². The van der Waals surface area contributed by atoms with Crippen LogP contribution in [0.3, 0.4) is 0 Å². The number of hydrogen-bond acceptors (Lipinski definition) is 5. The van der Waals surface area contributed by atoms with E-state index >= 15 is 0 Å². The minimum absolute atomic E-state index is 0.150. The number of carbonyl (C=O) groups is 1. The summed E-state index contributed by atoms with van der Waals surface area (Å²) in [6.45, 7) is 1.61. The Labute approximate surface area is 126 Å². The predicted molar refractivity (Wildman–Crippen MR) is 79.5 cm³/mol. The zero-order valence-electron chi connectivity index (χ0n) is 12.5. The van der Waals surface area contributed by atoms with Crippen molar-refractivity contribution in [2.75, 3.05) is 14.2 Å². The molecule has 2 aromatic rings. The number of H-pyrrole nitrogens is 1. The maximum atomic E-state index is 12.0. The number of ether oxygens (including phenoxy) is 2. The number of hydrogen-bond donors (Lipinski definition) is 2. The van der Waals surface area contributed by atoms with Gasteiger partial charge in [-0.15, -0.1) is 0 Å². The van der Waals surface area contributed by atoms with Gasteiger partial charge in [-0.3, -0.25) is 9.59 Å². The maximum Gasteiger partial charge on any atom is 0.308 e. The van der Waals surface area contributed by atoms with E-state index in [0.717, 1.165) is 0 Å². The molecule has 2 rings (SSSR count). The van der Waals surface area contributed by atoms with Crippen LogP contribution in [0.5, 0.6) is 11.5 Å². The highest BCUT2D eigenvalue weighted by atomic mass is 16.5. The van der Waals surface area contributed by atoms with Crippen LogP contribution in [0.2, 0.25) is 0 Å². The Morgan fingerprint density at radius 1 is 1.27 bits per heavy atom. The minimum Gasteiger partial charge on any atom is -0.493 e. The number of benzene rings is 1. The molecule has 0 aliphatic rings. The predicted octanol–water partition coefficient (Wildman–Crippen LogP) is 1.39. The van der Waals surface area contributed by atoms with Gasteiger partial charge in [0, 0.05) is 16.8 Å². The molecule has 0 aliphatic carbocycles. The topological polar surface area (TPSA) is 102 Å². The van der Waals surface area contributed by atoms with Crippen LogP contribution in [-0.4, -0.2) is 35.3 Å². The molecule has 7 nitrogen and oxygen atoms in total. The summed E-state index contributed by atoms with van der Waals surface area (Å²) >= 11 is 0. The average molecular weight is 304 g/mol. The molecule has 0 spiro atoms. The van der Waals surface area contributed by atoms with Crippen LogP contribution in [0.15, 0.2) is 23.0 Å². The lowest BCUT2D eigenvalue weighted by atomic mass is 10.1. The number of aromatic nitrogens is 2. The molecule has 1 aromatic heterocycles. The van der Waals surface area contributed by atoms with Gasteiger partial charge in [-0.2, -0.15) is 0 Å². The number of aromatic amines is 1. The molecule has 0 bridgehead atoms. The molecule has 0 atom stereocenters. The van der Waals surface area contributed by atoms with Gasteiger partial charge >= 0.3 is 5.97 Å². The third-order valence-corrected chi connectivity index (χ3v) is 3.21. The van der Waals surface area contributed by atoms with E-state index in [1.165, 1.54) is 14.2 Å². The van der Waals surface area contributed by atoms with Gasteiger partial charge in [-0.25, -0.2) is 4.98 Å². The molecule has 0 saturated carbocycles. The Bertz CT molecular complexity index is 767. The summed E-state index contributed by atoms with van der Waals surface area (Å²) in [6.07, 6.45) is -0.361. The molecule has 7 heteroatoms. The normalized spacial score (nSPS) is 10.3. The van der Waals surface area contributed by atoms with E-state index in [4.69, 9.17) is 14.6 Å². The fraction of sp³-hybridized carbons (Fsp3) is 0.267. The van der Waals surface area contributed by atoms with E-state index in [9.17, 15) is 9.59 Å². The molecule has 0 fully saturated rings. The monoisotopic (exact) mass is 304 g/mol. The Hall–Kier alpha value is -2.83. The smallest absolute Gasteiger partial charge is 0.308 e. The van der Waals surface area contributed by atoms with Crippen molar-refractivity contribution in [3.8, 4) is 22.9 Å². The summed E-state index contributed by atoms with van der Waals surface area (Å²) in [5.74, 6) is 0.342. The lowest BCUT2D eigenvalue weighted by molar-refractivity contribution is -0.136. The summed E-state index contributed by atoms with van der Waals surface area (Å²) in [4.78, 5) is 29.7. The van der Waals surface area contributed by atoms with E-state index in [1.54, 1.807) is 25.1 Å². The summed E-state index contributed by atoms with van der Waals surface area (Å²) in [5, 5.41) is 8.82. The molecule has 1 aromatic carbocycles. The van der Waals surface area contributed by atoms with Crippen LogP contribution in [0.25, 0.3) is 11.4 Å². The Morgan fingerprint density at radius 3 is 2.50 bits per heavy atom. The van der Waals surface area contributed by atoms with Gasteiger partial charge in [-0.05, 0) is 25.1 Å². The molecule has 0 saturated heterocycles. The lowest BCUT2D eigenvalue weighted by Crippen LogP contribution is -2.20. The van der Waals surface area contributed by atoms with E-state index in [-0.39, 0.29) is 12.0 Å². The van der Waals surface area contributed by atoms with E-state index in [1.807, 2.05) is 0 Å². The summed E-state index contributed by atoms with van der Waals surface area (Å²) in [6, 6.07) is 5.12. The second-order valence-electron chi connectivity index (χ2n) is 4.62. The molecular formula is C15H16N2O5. The molecule has 1 heterocycles. The van der Waals surface area contributed by atoms with E-state index in [0.29, 0.717) is 28.6 Å². The zero-order valence-corrected chi connectivity index (χ0v) is 12.5. The second-order valence-corrected chi connectivity index (χ2v) is 4.62. The second kappa shape index (κ2) is 6.30. The standard InChI is InChI=1S/C15H16N2O5/c1-8-10(7-13(18)19)15(20)17-14(16-8)9-4-5-11(21-2)12(6-9)22-3/h4-6H,7H2,1-3H3,(H,18,19)(H,16,17,20). The SMILES string of the molecule is COc1ccc(-c2nc(C)c(CC(=O)O)c(=O)[nH]2)cc1OC. The summed E-state index contributed by atoms with van der Waals surface area (Å²) < 4.78 is 10.4. The molecule has 2 N–H and O–H groups in total. The fourth-order valence-electron chi connectivity index (χ4n) is 2.09. The lowest BCUT2D eigenvalue weighted by Gasteiger charge is -2.10.